The van der Waals surface area contributed by atoms with Gasteiger partial charge in [-0.15, -0.1) is 0 Å². The van der Waals surface area contributed by atoms with E-state index < -0.39 is 41.2 Å². The zero-order valence-corrected chi connectivity index (χ0v) is 17.7. The number of benzene rings is 1. The number of aliphatic carboxylic acids is 1. The Hall–Kier alpha value is -4.08. The second kappa shape index (κ2) is 7.26. The summed E-state index contributed by atoms with van der Waals surface area (Å²) in [5, 5.41) is 9.43. The molecule has 1 aromatic carbocycles. The largest absolute Gasteiger partial charge is 0.480 e. The van der Waals surface area contributed by atoms with Crippen LogP contribution in [-0.2, 0) is 31.1 Å². The lowest BCUT2D eigenvalue weighted by molar-refractivity contribution is -0.138. The van der Waals surface area contributed by atoms with Crippen LogP contribution < -0.4 is 20.9 Å². The number of methoxy groups -OCH3 is 1. The predicted molar refractivity (Wildman–Crippen MR) is 112 cm³/mol. The number of nitrogens with zero attached hydrogens (tertiary/aromatic N) is 2. The van der Waals surface area contributed by atoms with Crippen LogP contribution in [0.2, 0.25) is 0 Å². The van der Waals surface area contributed by atoms with E-state index in [4.69, 9.17) is 15.2 Å². The Morgan fingerprint density at radius 1 is 1.25 bits per heavy atom. The van der Waals surface area contributed by atoms with Crippen LogP contribution in [0.1, 0.15) is 23.7 Å². The molecule has 0 unspecified atom stereocenters. The van der Waals surface area contributed by atoms with Crippen LogP contribution in [0.4, 0.5) is 5.69 Å². The third-order valence-corrected chi connectivity index (χ3v) is 5.85. The fourth-order valence-electron chi connectivity index (χ4n) is 4.62. The van der Waals surface area contributed by atoms with Gasteiger partial charge in [0.25, 0.3) is 5.56 Å². The molecule has 1 amide bonds. The van der Waals surface area contributed by atoms with Gasteiger partial charge >= 0.3 is 11.9 Å². The number of hydrogen-bond acceptors (Lipinski definition) is 7. The number of pyridine rings is 1. The molecule has 2 aliphatic heterocycles. The molecule has 10 nitrogen and oxygen atoms in total. The van der Waals surface area contributed by atoms with E-state index in [2.05, 4.69) is 0 Å². The van der Waals surface area contributed by atoms with E-state index >= 15 is 0 Å². The van der Waals surface area contributed by atoms with Gasteiger partial charge in [0.15, 0.2) is 0 Å². The summed E-state index contributed by atoms with van der Waals surface area (Å²) in [6, 6.07) is 7.95. The van der Waals surface area contributed by atoms with E-state index in [0.29, 0.717) is 12.2 Å². The second-order valence-corrected chi connectivity index (χ2v) is 7.46. The molecule has 2 aromatic rings. The van der Waals surface area contributed by atoms with Gasteiger partial charge in [-0.25, -0.2) is 4.79 Å². The fourth-order valence-corrected chi connectivity index (χ4v) is 4.62. The summed E-state index contributed by atoms with van der Waals surface area (Å²) in [6.07, 6.45) is 0. The van der Waals surface area contributed by atoms with Crippen LogP contribution in [0.3, 0.4) is 0 Å². The fraction of sp³-hybridized carbons (Fsp3) is 0.273. The Labute approximate surface area is 182 Å². The number of aromatic nitrogens is 1. The van der Waals surface area contributed by atoms with Gasteiger partial charge in [0.2, 0.25) is 11.8 Å². The summed E-state index contributed by atoms with van der Waals surface area (Å²) in [5.41, 5.74) is 4.17. The summed E-state index contributed by atoms with van der Waals surface area (Å²) in [4.78, 5) is 53.2. The van der Waals surface area contributed by atoms with E-state index in [-0.39, 0.29) is 28.1 Å². The van der Waals surface area contributed by atoms with Crippen LogP contribution in [0.15, 0.2) is 46.6 Å². The Morgan fingerprint density at radius 2 is 1.94 bits per heavy atom. The Balaban J connectivity index is 2.21. The van der Waals surface area contributed by atoms with Crippen molar-refractivity contribution in [2.45, 2.75) is 25.8 Å². The highest BCUT2D eigenvalue weighted by Gasteiger charge is 2.62. The lowest BCUT2D eigenvalue weighted by Gasteiger charge is -2.35. The molecule has 10 heteroatoms. The molecule has 1 spiro atoms. The number of carboxylic acids is 1. The zero-order chi connectivity index (χ0) is 23.4. The summed E-state index contributed by atoms with van der Waals surface area (Å²) in [6.45, 7) is 3.10. The number of hydrogen-bond donors (Lipinski definition) is 2. The predicted octanol–water partition coefficient (Wildman–Crippen LogP) is 0.630. The summed E-state index contributed by atoms with van der Waals surface area (Å²) in [5.74, 6) is -3.38. The molecule has 166 valence electrons. The molecule has 0 bridgehead atoms. The van der Waals surface area contributed by atoms with Gasteiger partial charge in [0.05, 0.1) is 12.7 Å². The quantitative estimate of drug-likeness (QED) is 0.661. The van der Waals surface area contributed by atoms with Gasteiger partial charge in [0, 0.05) is 29.6 Å². The van der Waals surface area contributed by atoms with Crippen molar-refractivity contribution in [3.63, 3.8) is 0 Å². The van der Waals surface area contributed by atoms with Gasteiger partial charge in [-0.2, -0.15) is 0 Å². The van der Waals surface area contributed by atoms with Crippen molar-refractivity contribution < 1.29 is 29.0 Å². The number of esters is 1. The number of anilines is 1. The Kier molecular flexibility index (Phi) is 4.80. The highest BCUT2D eigenvalue weighted by atomic mass is 16.5. The van der Waals surface area contributed by atoms with E-state index in [0.717, 1.165) is 12.0 Å². The number of carbonyl (C=O) groups is 3. The van der Waals surface area contributed by atoms with Crippen molar-refractivity contribution in [1.29, 1.82) is 0 Å². The monoisotopic (exact) mass is 439 g/mol. The minimum atomic E-state index is -2.02. The molecule has 3 heterocycles. The SMILES string of the molecule is CCn1c(C)cc2c(c1=O)[C@]1(C(=O)N(CC(=O)O)c3ccccc31)C(C(=O)OC)=C(N)O2. The molecule has 0 aliphatic carbocycles. The summed E-state index contributed by atoms with van der Waals surface area (Å²) in [7, 11) is 1.12. The Bertz CT molecular complexity index is 1280. The van der Waals surface area contributed by atoms with Gasteiger partial charge in [0.1, 0.15) is 23.3 Å². The molecule has 1 atom stereocenters. The molecule has 0 fully saturated rings. The average Bonchev–Trinajstić information content (AvgIpc) is 2.96. The summed E-state index contributed by atoms with van der Waals surface area (Å²) < 4.78 is 12.0. The number of carboxylic acid groups (broad SMARTS) is 1. The first-order chi connectivity index (χ1) is 15.2. The highest BCUT2D eigenvalue weighted by molar-refractivity contribution is 6.19. The number of para-hydroxylation sites is 1. The molecule has 3 N–H and O–H groups in total. The standard InChI is InChI=1S/C22H21N3O7/c1-4-24-11(2)9-14-16(19(24)28)22(17(18(23)32-14)20(29)31-3)12-7-5-6-8-13(12)25(21(22)30)10-15(26)27/h5-9H,4,10,23H2,1-3H3,(H,26,27)/t22-/m0/s1. The maximum absolute atomic E-state index is 14.0. The van der Waals surface area contributed by atoms with Gasteiger partial charge in [-0.1, -0.05) is 18.2 Å². The number of ether oxygens (including phenoxy) is 2. The number of rotatable bonds is 4. The first kappa shape index (κ1) is 21.2. The molecule has 1 aromatic heterocycles. The molecule has 2 aliphatic rings. The van der Waals surface area contributed by atoms with E-state index in [1.807, 2.05) is 0 Å². The molecule has 32 heavy (non-hydrogen) atoms. The minimum absolute atomic E-state index is 0.0303. The maximum atomic E-state index is 14.0. The molecular weight excluding hydrogens is 418 g/mol. The third kappa shape index (κ3) is 2.58. The number of nitrogens with two attached hydrogens (primary N) is 1. The lowest BCUT2D eigenvalue weighted by Crippen LogP contribution is -2.52. The van der Waals surface area contributed by atoms with Crippen LogP contribution in [0, 0.1) is 6.92 Å². The van der Waals surface area contributed by atoms with Crippen molar-refractivity contribution in [1.82, 2.24) is 4.57 Å². The minimum Gasteiger partial charge on any atom is -0.480 e. The summed E-state index contributed by atoms with van der Waals surface area (Å²) >= 11 is 0. The van der Waals surface area contributed by atoms with Crippen LogP contribution in [0.25, 0.3) is 0 Å². The number of carbonyl (C=O) groups excluding carboxylic acids is 2. The molecule has 4 rings (SSSR count). The normalized spacial score (nSPS) is 19.0. The van der Waals surface area contributed by atoms with Crippen LogP contribution in [0.5, 0.6) is 5.75 Å². The number of amides is 1. The van der Waals surface area contributed by atoms with Crippen molar-refractivity contribution in [3.8, 4) is 5.75 Å². The molecule has 0 saturated carbocycles. The number of fused-ring (bicyclic) bond motifs is 4. The lowest BCUT2D eigenvalue weighted by atomic mass is 9.68. The third-order valence-electron chi connectivity index (χ3n) is 5.85. The van der Waals surface area contributed by atoms with Crippen molar-refractivity contribution in [3.05, 3.63) is 69.0 Å². The van der Waals surface area contributed by atoms with Crippen molar-refractivity contribution in [2.24, 2.45) is 5.73 Å². The van der Waals surface area contributed by atoms with Crippen molar-refractivity contribution >= 4 is 23.5 Å². The molecule has 0 radical (unpaired) electrons. The van der Waals surface area contributed by atoms with E-state index in [1.165, 1.54) is 4.57 Å². The smallest absolute Gasteiger partial charge is 0.340 e. The first-order valence-corrected chi connectivity index (χ1v) is 9.84. The zero-order valence-electron chi connectivity index (χ0n) is 17.7. The average molecular weight is 439 g/mol. The molecular formula is C22H21N3O7. The number of aryl methyl sites for hydroxylation is 1. The van der Waals surface area contributed by atoms with Gasteiger partial charge in [-0.3, -0.25) is 19.3 Å². The van der Waals surface area contributed by atoms with Crippen molar-refractivity contribution in [2.75, 3.05) is 18.6 Å². The van der Waals surface area contributed by atoms with E-state index in [9.17, 15) is 24.3 Å². The topological polar surface area (TPSA) is 141 Å². The van der Waals surface area contributed by atoms with E-state index in [1.54, 1.807) is 44.2 Å². The second-order valence-electron chi connectivity index (χ2n) is 7.46. The first-order valence-electron chi connectivity index (χ1n) is 9.84. The maximum Gasteiger partial charge on any atom is 0.340 e. The van der Waals surface area contributed by atoms with Gasteiger partial charge in [-0.05, 0) is 19.9 Å². The molecule has 0 saturated heterocycles. The Morgan fingerprint density at radius 3 is 2.56 bits per heavy atom. The highest BCUT2D eigenvalue weighted by Crippen LogP contribution is 2.54. The van der Waals surface area contributed by atoms with Gasteiger partial charge < -0.3 is 24.9 Å². The van der Waals surface area contributed by atoms with Crippen LogP contribution in [-0.4, -0.2) is 41.2 Å². The van der Waals surface area contributed by atoms with Crippen LogP contribution >= 0.6 is 0 Å².